The highest BCUT2D eigenvalue weighted by atomic mass is 16.5. The summed E-state index contributed by atoms with van der Waals surface area (Å²) in [6, 6.07) is 16.4. The highest BCUT2D eigenvalue weighted by molar-refractivity contribution is 5.95. The SMILES string of the molecule is CCCCCCCCCOC(=O)c1cccc(C(=O)OCCc2ccccc2)c1. The van der Waals surface area contributed by atoms with Crippen molar-refractivity contribution in [2.24, 2.45) is 0 Å². The molecular weight excluding hydrogens is 364 g/mol. The molecule has 0 fully saturated rings. The number of ether oxygens (including phenoxy) is 2. The van der Waals surface area contributed by atoms with Gasteiger partial charge in [-0.05, 0) is 30.2 Å². The molecule has 0 bridgehead atoms. The average molecular weight is 397 g/mol. The zero-order chi connectivity index (χ0) is 20.7. The minimum Gasteiger partial charge on any atom is -0.462 e. The van der Waals surface area contributed by atoms with Crippen LogP contribution in [0.4, 0.5) is 0 Å². The number of hydrogen-bond acceptors (Lipinski definition) is 4. The Morgan fingerprint density at radius 2 is 1.28 bits per heavy atom. The Morgan fingerprint density at radius 3 is 1.93 bits per heavy atom. The molecule has 29 heavy (non-hydrogen) atoms. The molecule has 0 heterocycles. The van der Waals surface area contributed by atoms with Gasteiger partial charge in [-0.3, -0.25) is 0 Å². The monoisotopic (exact) mass is 396 g/mol. The summed E-state index contributed by atoms with van der Waals surface area (Å²) in [6.07, 6.45) is 8.86. The van der Waals surface area contributed by atoms with Crippen LogP contribution in [0.1, 0.15) is 78.1 Å². The topological polar surface area (TPSA) is 52.6 Å². The summed E-state index contributed by atoms with van der Waals surface area (Å²) in [5.41, 5.74) is 1.86. The molecule has 0 spiro atoms. The molecule has 0 aromatic heterocycles. The normalized spacial score (nSPS) is 10.5. The first-order valence-electron chi connectivity index (χ1n) is 10.7. The van der Waals surface area contributed by atoms with Crippen molar-refractivity contribution in [2.45, 2.75) is 58.3 Å². The summed E-state index contributed by atoms with van der Waals surface area (Å²) in [4.78, 5) is 24.5. The number of unbranched alkanes of at least 4 members (excludes halogenated alkanes) is 6. The van der Waals surface area contributed by atoms with Gasteiger partial charge in [0.25, 0.3) is 0 Å². The van der Waals surface area contributed by atoms with E-state index in [1.54, 1.807) is 18.2 Å². The number of esters is 2. The van der Waals surface area contributed by atoms with Crippen LogP contribution in [0, 0.1) is 0 Å². The smallest absolute Gasteiger partial charge is 0.338 e. The Kier molecular flexibility index (Phi) is 10.6. The second kappa shape index (κ2) is 13.5. The van der Waals surface area contributed by atoms with Gasteiger partial charge in [0.15, 0.2) is 0 Å². The van der Waals surface area contributed by atoms with E-state index in [-0.39, 0.29) is 0 Å². The van der Waals surface area contributed by atoms with Crippen molar-refractivity contribution in [3.63, 3.8) is 0 Å². The molecule has 0 amide bonds. The summed E-state index contributed by atoms with van der Waals surface area (Å²) < 4.78 is 10.7. The first-order valence-corrected chi connectivity index (χ1v) is 10.7. The van der Waals surface area contributed by atoms with Gasteiger partial charge in [0, 0.05) is 6.42 Å². The van der Waals surface area contributed by atoms with Gasteiger partial charge in [0.2, 0.25) is 0 Å². The first kappa shape index (κ1) is 22.7. The summed E-state index contributed by atoms with van der Waals surface area (Å²) in [5.74, 6) is -0.822. The van der Waals surface area contributed by atoms with Crippen molar-refractivity contribution in [3.8, 4) is 0 Å². The lowest BCUT2D eigenvalue weighted by atomic mass is 10.1. The molecule has 156 valence electrons. The second-order valence-corrected chi connectivity index (χ2v) is 7.21. The van der Waals surface area contributed by atoms with Gasteiger partial charge in [0.1, 0.15) is 0 Å². The van der Waals surface area contributed by atoms with Gasteiger partial charge < -0.3 is 9.47 Å². The van der Waals surface area contributed by atoms with Crippen LogP contribution in [-0.4, -0.2) is 25.2 Å². The molecule has 0 aliphatic heterocycles. The fourth-order valence-electron chi connectivity index (χ4n) is 3.07. The number of carbonyl (C=O) groups is 2. The standard InChI is InChI=1S/C25H32O4/c1-2-3-4-5-6-7-11-18-28-24(26)22-15-12-16-23(20-22)25(27)29-19-17-21-13-9-8-10-14-21/h8-10,12-16,20H,2-7,11,17-19H2,1H3. The molecule has 4 heteroatoms. The van der Waals surface area contributed by atoms with Gasteiger partial charge >= 0.3 is 11.9 Å². The van der Waals surface area contributed by atoms with Gasteiger partial charge in [-0.2, -0.15) is 0 Å². The quantitative estimate of drug-likeness (QED) is 0.308. The summed E-state index contributed by atoms with van der Waals surface area (Å²) >= 11 is 0. The molecule has 0 aliphatic rings. The van der Waals surface area contributed by atoms with Crippen molar-refractivity contribution in [3.05, 3.63) is 71.3 Å². The molecule has 0 aliphatic carbocycles. The Morgan fingerprint density at radius 1 is 0.690 bits per heavy atom. The lowest BCUT2D eigenvalue weighted by Gasteiger charge is -2.08. The predicted octanol–water partition coefficient (Wildman–Crippen LogP) is 5.99. The number of benzene rings is 2. The molecule has 2 aromatic carbocycles. The largest absolute Gasteiger partial charge is 0.462 e. The molecule has 0 unspecified atom stereocenters. The van der Waals surface area contributed by atoms with E-state index in [1.807, 2.05) is 30.3 Å². The van der Waals surface area contributed by atoms with Crippen LogP contribution < -0.4 is 0 Å². The zero-order valence-electron chi connectivity index (χ0n) is 17.4. The fraction of sp³-hybridized carbons (Fsp3) is 0.440. The molecule has 2 rings (SSSR count). The summed E-state index contributed by atoms with van der Waals surface area (Å²) in [5, 5.41) is 0. The lowest BCUT2D eigenvalue weighted by Crippen LogP contribution is -2.11. The van der Waals surface area contributed by atoms with E-state index in [0.29, 0.717) is 30.8 Å². The number of carbonyl (C=O) groups excluding carboxylic acids is 2. The third-order valence-electron chi connectivity index (χ3n) is 4.78. The van der Waals surface area contributed by atoms with Crippen LogP contribution in [0.25, 0.3) is 0 Å². The Hall–Kier alpha value is -2.62. The van der Waals surface area contributed by atoms with Gasteiger partial charge in [-0.25, -0.2) is 9.59 Å². The Bertz CT molecular complexity index is 739. The third-order valence-corrected chi connectivity index (χ3v) is 4.78. The van der Waals surface area contributed by atoms with E-state index < -0.39 is 11.9 Å². The van der Waals surface area contributed by atoms with Crippen molar-refractivity contribution in [2.75, 3.05) is 13.2 Å². The molecular formula is C25H32O4. The van der Waals surface area contributed by atoms with Crippen molar-refractivity contribution < 1.29 is 19.1 Å². The van der Waals surface area contributed by atoms with Gasteiger partial charge in [-0.15, -0.1) is 0 Å². The molecule has 0 saturated carbocycles. The maximum atomic E-state index is 12.2. The molecule has 0 N–H and O–H groups in total. The van der Waals surface area contributed by atoms with Crippen molar-refractivity contribution in [1.29, 1.82) is 0 Å². The van der Waals surface area contributed by atoms with E-state index in [1.165, 1.54) is 38.2 Å². The number of rotatable bonds is 13. The third kappa shape index (κ3) is 8.95. The lowest BCUT2D eigenvalue weighted by molar-refractivity contribution is 0.0497. The molecule has 2 aromatic rings. The first-order chi connectivity index (χ1) is 14.2. The van der Waals surface area contributed by atoms with Crippen LogP contribution in [0.15, 0.2) is 54.6 Å². The molecule has 0 atom stereocenters. The molecule has 0 radical (unpaired) electrons. The maximum Gasteiger partial charge on any atom is 0.338 e. The highest BCUT2D eigenvalue weighted by Crippen LogP contribution is 2.11. The van der Waals surface area contributed by atoms with Crippen LogP contribution >= 0.6 is 0 Å². The van der Waals surface area contributed by atoms with Gasteiger partial charge in [-0.1, -0.05) is 81.8 Å². The van der Waals surface area contributed by atoms with E-state index in [4.69, 9.17) is 9.47 Å². The minimum absolute atomic E-state index is 0.301. The van der Waals surface area contributed by atoms with E-state index in [0.717, 1.165) is 18.4 Å². The van der Waals surface area contributed by atoms with Gasteiger partial charge in [0.05, 0.1) is 24.3 Å². The minimum atomic E-state index is -0.428. The Labute approximate surface area is 174 Å². The van der Waals surface area contributed by atoms with Crippen molar-refractivity contribution in [1.82, 2.24) is 0 Å². The second-order valence-electron chi connectivity index (χ2n) is 7.21. The van der Waals surface area contributed by atoms with Crippen LogP contribution in [0.3, 0.4) is 0 Å². The fourth-order valence-corrected chi connectivity index (χ4v) is 3.07. The summed E-state index contributed by atoms with van der Waals surface area (Å²) in [7, 11) is 0. The predicted molar refractivity (Wildman–Crippen MR) is 115 cm³/mol. The maximum absolute atomic E-state index is 12.2. The average Bonchev–Trinajstić information content (AvgIpc) is 2.76. The van der Waals surface area contributed by atoms with E-state index >= 15 is 0 Å². The van der Waals surface area contributed by atoms with E-state index in [2.05, 4.69) is 6.92 Å². The molecule has 0 saturated heterocycles. The van der Waals surface area contributed by atoms with E-state index in [9.17, 15) is 9.59 Å². The van der Waals surface area contributed by atoms with Crippen LogP contribution in [-0.2, 0) is 15.9 Å². The zero-order valence-corrected chi connectivity index (χ0v) is 17.4. The van der Waals surface area contributed by atoms with Crippen LogP contribution in [0.5, 0.6) is 0 Å². The molecule has 4 nitrogen and oxygen atoms in total. The highest BCUT2D eigenvalue weighted by Gasteiger charge is 2.12. The number of hydrogen-bond donors (Lipinski definition) is 0. The van der Waals surface area contributed by atoms with Crippen molar-refractivity contribution >= 4 is 11.9 Å². The summed E-state index contributed by atoms with van der Waals surface area (Å²) in [6.45, 7) is 2.92. The van der Waals surface area contributed by atoms with Crippen LogP contribution in [0.2, 0.25) is 0 Å². The Balaban J connectivity index is 1.70.